The molecule has 3 nitrogen and oxygen atoms in total. The van der Waals surface area contributed by atoms with Gasteiger partial charge in [-0.05, 0) is 17.7 Å². The number of aromatic hydroxyl groups is 1. The maximum Gasteiger partial charge on any atom is 0.123 e. The van der Waals surface area contributed by atoms with Gasteiger partial charge in [-0.25, -0.2) is 0 Å². The largest absolute Gasteiger partial charge is 0.507 e. The highest BCUT2D eigenvalue weighted by Gasteiger charge is 2.18. The van der Waals surface area contributed by atoms with E-state index >= 15 is 0 Å². The molecule has 0 aliphatic heterocycles. The Morgan fingerprint density at radius 1 is 1.20 bits per heavy atom. The van der Waals surface area contributed by atoms with Gasteiger partial charge in [0.1, 0.15) is 5.75 Å². The number of rotatable bonds is 1. The van der Waals surface area contributed by atoms with E-state index in [-0.39, 0.29) is 5.75 Å². The van der Waals surface area contributed by atoms with Crippen LogP contribution in [-0.2, 0) is 0 Å². The Balaban J connectivity index is 2.32. The van der Waals surface area contributed by atoms with Crippen molar-refractivity contribution in [2.24, 2.45) is 11.5 Å². The molecule has 0 fully saturated rings. The normalized spacial score (nSPS) is 18.7. The molecule has 0 atom stereocenters. The highest BCUT2D eigenvalue weighted by atomic mass is 16.3. The molecule has 0 saturated heterocycles. The zero-order valence-corrected chi connectivity index (χ0v) is 8.35. The number of phenols is 1. The van der Waals surface area contributed by atoms with Crippen molar-refractivity contribution < 1.29 is 5.11 Å². The molecule has 0 bridgehead atoms. The molecule has 0 unspecified atom stereocenters. The number of phenolic OH excluding ortho intramolecular Hbond substituents is 1. The zero-order valence-electron chi connectivity index (χ0n) is 8.35. The molecule has 1 aromatic carbocycles. The molecule has 0 amide bonds. The molecule has 0 radical (unpaired) electrons. The molecule has 15 heavy (non-hydrogen) atoms. The topological polar surface area (TPSA) is 72.3 Å². The molecule has 78 valence electrons. The second-order valence-corrected chi connectivity index (χ2v) is 3.83. The average Bonchev–Trinajstić information content (AvgIpc) is 2.19. The van der Waals surface area contributed by atoms with Gasteiger partial charge in [0.25, 0.3) is 0 Å². The van der Waals surface area contributed by atoms with E-state index in [1.807, 2.05) is 24.3 Å². The maximum absolute atomic E-state index is 9.66. The summed E-state index contributed by atoms with van der Waals surface area (Å²) in [4.78, 5) is 0. The van der Waals surface area contributed by atoms with E-state index in [1.54, 1.807) is 18.2 Å². The van der Waals surface area contributed by atoms with Crippen LogP contribution in [0.1, 0.15) is 12.0 Å². The summed E-state index contributed by atoms with van der Waals surface area (Å²) in [7, 11) is 0. The Morgan fingerprint density at radius 3 is 2.53 bits per heavy atom. The van der Waals surface area contributed by atoms with Crippen molar-refractivity contribution in [2.75, 3.05) is 0 Å². The van der Waals surface area contributed by atoms with Crippen LogP contribution in [0.4, 0.5) is 0 Å². The number of benzene rings is 1. The number of para-hydroxylation sites is 1. The second kappa shape index (κ2) is 3.53. The lowest BCUT2D eigenvalue weighted by Crippen LogP contribution is -2.47. The van der Waals surface area contributed by atoms with E-state index in [9.17, 15) is 5.11 Å². The number of nitrogens with two attached hydrogens (primary N) is 2. The highest BCUT2D eigenvalue weighted by Crippen LogP contribution is 2.29. The first-order chi connectivity index (χ1) is 7.08. The monoisotopic (exact) mass is 202 g/mol. The first kappa shape index (κ1) is 9.96. The van der Waals surface area contributed by atoms with Crippen LogP contribution in [0, 0.1) is 0 Å². The van der Waals surface area contributed by atoms with E-state index in [4.69, 9.17) is 11.5 Å². The van der Waals surface area contributed by atoms with Crippen molar-refractivity contribution in [3.05, 3.63) is 48.1 Å². The molecule has 1 aliphatic carbocycles. The molecule has 2 rings (SSSR count). The molecule has 1 aliphatic rings. The fraction of sp³-hybridized carbons (Fsp3) is 0.167. The summed E-state index contributed by atoms with van der Waals surface area (Å²) < 4.78 is 0. The predicted octanol–water partition coefficient (Wildman–Crippen LogP) is 1.35. The van der Waals surface area contributed by atoms with Crippen LogP contribution in [0.25, 0.3) is 5.57 Å². The lowest BCUT2D eigenvalue weighted by molar-refractivity contribution is 0.473. The highest BCUT2D eigenvalue weighted by molar-refractivity contribution is 5.78. The molecule has 5 N–H and O–H groups in total. The van der Waals surface area contributed by atoms with Crippen molar-refractivity contribution in [1.82, 2.24) is 0 Å². The first-order valence-electron chi connectivity index (χ1n) is 4.84. The molecule has 3 heteroatoms. The fourth-order valence-electron chi connectivity index (χ4n) is 1.59. The Morgan fingerprint density at radius 2 is 1.93 bits per heavy atom. The summed E-state index contributed by atoms with van der Waals surface area (Å²) in [6, 6.07) is 7.21. The van der Waals surface area contributed by atoms with Crippen LogP contribution < -0.4 is 11.5 Å². The standard InChI is InChI=1S/C12H14N2O/c13-12(14)7-5-9(6-8-12)10-3-1-2-4-11(10)15/h1-7,15H,8,13-14H2. The van der Waals surface area contributed by atoms with Gasteiger partial charge in [0, 0.05) is 12.0 Å². The van der Waals surface area contributed by atoms with Crippen LogP contribution >= 0.6 is 0 Å². The van der Waals surface area contributed by atoms with Gasteiger partial charge in [-0.2, -0.15) is 0 Å². The minimum absolute atomic E-state index is 0.273. The Labute approximate surface area is 88.7 Å². The van der Waals surface area contributed by atoms with Crippen LogP contribution in [0.2, 0.25) is 0 Å². The molecule has 0 heterocycles. The van der Waals surface area contributed by atoms with E-state index in [2.05, 4.69) is 0 Å². The van der Waals surface area contributed by atoms with Gasteiger partial charge >= 0.3 is 0 Å². The van der Waals surface area contributed by atoms with E-state index in [0.717, 1.165) is 11.1 Å². The second-order valence-electron chi connectivity index (χ2n) is 3.83. The molecule has 0 spiro atoms. The first-order valence-corrected chi connectivity index (χ1v) is 4.84. The lowest BCUT2D eigenvalue weighted by atomic mass is 9.94. The predicted molar refractivity (Wildman–Crippen MR) is 60.9 cm³/mol. The summed E-state index contributed by atoms with van der Waals surface area (Å²) in [6.07, 6.45) is 6.12. The van der Waals surface area contributed by atoms with Gasteiger partial charge in [-0.3, -0.25) is 0 Å². The smallest absolute Gasteiger partial charge is 0.123 e. The van der Waals surface area contributed by atoms with Gasteiger partial charge < -0.3 is 16.6 Å². The summed E-state index contributed by atoms with van der Waals surface area (Å²) in [5.74, 6) is 0.273. The summed E-state index contributed by atoms with van der Waals surface area (Å²) in [5, 5.41) is 9.66. The number of hydrogen-bond acceptors (Lipinski definition) is 3. The van der Waals surface area contributed by atoms with Crippen molar-refractivity contribution in [2.45, 2.75) is 12.1 Å². The average molecular weight is 202 g/mol. The van der Waals surface area contributed by atoms with Gasteiger partial charge in [0.05, 0.1) is 5.66 Å². The number of hydrogen-bond donors (Lipinski definition) is 3. The van der Waals surface area contributed by atoms with Crippen LogP contribution in [0.15, 0.2) is 42.5 Å². The van der Waals surface area contributed by atoms with Crippen molar-refractivity contribution in [3.8, 4) is 5.75 Å². The van der Waals surface area contributed by atoms with Gasteiger partial charge in [0.2, 0.25) is 0 Å². The molecular formula is C12H14N2O. The Kier molecular flexibility index (Phi) is 2.34. The van der Waals surface area contributed by atoms with Crippen LogP contribution in [0.5, 0.6) is 5.75 Å². The van der Waals surface area contributed by atoms with Crippen molar-refractivity contribution >= 4 is 5.57 Å². The molecular weight excluding hydrogens is 188 g/mol. The third-order valence-corrected chi connectivity index (χ3v) is 2.46. The lowest BCUT2D eigenvalue weighted by Gasteiger charge is -2.22. The zero-order chi connectivity index (χ0) is 10.9. The summed E-state index contributed by atoms with van der Waals surface area (Å²) >= 11 is 0. The summed E-state index contributed by atoms with van der Waals surface area (Å²) in [5.41, 5.74) is 12.5. The van der Waals surface area contributed by atoms with E-state index in [1.165, 1.54) is 0 Å². The molecule has 0 saturated carbocycles. The molecule has 0 aromatic heterocycles. The minimum Gasteiger partial charge on any atom is -0.507 e. The minimum atomic E-state index is -0.756. The number of allylic oxidation sites excluding steroid dienone is 2. The van der Waals surface area contributed by atoms with Crippen molar-refractivity contribution in [3.63, 3.8) is 0 Å². The Bertz CT molecular complexity index is 433. The maximum atomic E-state index is 9.66. The van der Waals surface area contributed by atoms with Crippen molar-refractivity contribution in [1.29, 1.82) is 0 Å². The fourth-order valence-corrected chi connectivity index (χ4v) is 1.59. The summed E-state index contributed by atoms with van der Waals surface area (Å²) in [6.45, 7) is 0. The van der Waals surface area contributed by atoms with Gasteiger partial charge in [-0.15, -0.1) is 0 Å². The van der Waals surface area contributed by atoms with E-state index in [0.29, 0.717) is 6.42 Å². The van der Waals surface area contributed by atoms with Crippen LogP contribution in [0.3, 0.4) is 0 Å². The third kappa shape index (κ3) is 2.09. The Hall–Kier alpha value is -1.58. The quantitative estimate of drug-likeness (QED) is 0.602. The van der Waals surface area contributed by atoms with Crippen LogP contribution in [-0.4, -0.2) is 10.8 Å². The molecule has 1 aromatic rings. The third-order valence-electron chi connectivity index (χ3n) is 2.46. The van der Waals surface area contributed by atoms with Gasteiger partial charge in [-0.1, -0.05) is 30.4 Å². The van der Waals surface area contributed by atoms with E-state index < -0.39 is 5.66 Å². The van der Waals surface area contributed by atoms with Gasteiger partial charge in [0.15, 0.2) is 0 Å². The SMILES string of the molecule is NC1(N)C=CC(c2ccccc2O)=CC1.